The number of carbonyl (C=O) groups excluding carboxylic acids is 3. The lowest BCUT2D eigenvalue weighted by molar-refractivity contribution is -0.131. The largest absolute Gasteiger partial charge is 0.383 e. The molecule has 1 aromatic heterocycles. The van der Waals surface area contributed by atoms with E-state index in [1.165, 1.54) is 0 Å². The Kier molecular flexibility index (Phi) is 7.19. The molecule has 7 nitrogen and oxygen atoms in total. The number of methoxy groups -OCH3 is 1. The molecule has 1 N–H and O–H groups in total. The van der Waals surface area contributed by atoms with Gasteiger partial charge in [-0.25, -0.2) is 4.79 Å². The highest BCUT2D eigenvalue weighted by molar-refractivity contribution is 6.11. The van der Waals surface area contributed by atoms with Crippen LogP contribution in [0, 0.1) is 13.8 Å². The quantitative estimate of drug-likeness (QED) is 0.446. The summed E-state index contributed by atoms with van der Waals surface area (Å²) in [5, 5.41) is 2.90. The van der Waals surface area contributed by atoms with Gasteiger partial charge in [-0.3, -0.25) is 14.5 Å². The van der Waals surface area contributed by atoms with Crippen molar-refractivity contribution in [1.29, 1.82) is 0 Å². The molecule has 0 bridgehead atoms. The van der Waals surface area contributed by atoms with Crippen LogP contribution >= 0.6 is 0 Å². The van der Waals surface area contributed by atoms with Gasteiger partial charge in [-0.15, -0.1) is 0 Å². The van der Waals surface area contributed by atoms with Crippen LogP contribution in [0.4, 0.5) is 4.79 Å². The van der Waals surface area contributed by atoms with E-state index in [2.05, 4.69) is 9.88 Å². The molecule has 7 heteroatoms. The van der Waals surface area contributed by atoms with Crippen LogP contribution in [0.2, 0.25) is 0 Å². The first kappa shape index (κ1) is 23.7. The van der Waals surface area contributed by atoms with E-state index in [0.717, 1.165) is 34.7 Å². The number of imide groups is 1. The molecule has 2 unspecified atom stereocenters. The Morgan fingerprint density at radius 3 is 2.50 bits per heavy atom. The Hall–Kier alpha value is -2.93. The molecule has 3 amide bonds. The van der Waals surface area contributed by atoms with E-state index in [1.807, 2.05) is 64.1 Å². The number of hydrogen-bond donors (Lipinski definition) is 1. The topological polar surface area (TPSA) is 80.6 Å². The van der Waals surface area contributed by atoms with Crippen LogP contribution in [-0.2, 0) is 15.1 Å². The molecule has 0 saturated carbocycles. The number of Topliss-reactive ketones (excluding diaryl/α,β-unsaturated/α-hetero) is 1. The molecule has 32 heavy (non-hydrogen) atoms. The molecule has 0 spiro atoms. The van der Waals surface area contributed by atoms with Gasteiger partial charge in [0.25, 0.3) is 5.91 Å². The predicted molar refractivity (Wildman–Crippen MR) is 123 cm³/mol. The number of rotatable bonds is 10. The van der Waals surface area contributed by atoms with Crippen molar-refractivity contribution in [1.82, 2.24) is 14.8 Å². The predicted octanol–water partition coefficient (Wildman–Crippen LogP) is 4.13. The van der Waals surface area contributed by atoms with E-state index in [-0.39, 0.29) is 24.3 Å². The minimum atomic E-state index is -1.13. The molecule has 1 aliphatic rings. The minimum absolute atomic E-state index is 0.0676. The van der Waals surface area contributed by atoms with Gasteiger partial charge in [-0.05, 0) is 38.8 Å². The standard InChI is InChI=1S/C25H33N3O4/c1-6-7-13-25(20-11-9-8-10-12-20)23(30)27(24(31)26-25)15-22(29)21-14-17(2)28(19(21)4)18(3)16-32-5/h8-12,14,18H,6-7,13,15-16H2,1-5H3,(H,26,31). The van der Waals surface area contributed by atoms with Gasteiger partial charge >= 0.3 is 6.03 Å². The lowest BCUT2D eigenvalue weighted by Crippen LogP contribution is -2.44. The Labute approximate surface area is 189 Å². The summed E-state index contributed by atoms with van der Waals surface area (Å²) in [5.74, 6) is -0.617. The van der Waals surface area contributed by atoms with E-state index in [4.69, 9.17) is 4.74 Å². The average Bonchev–Trinajstić information content (AvgIpc) is 3.21. The number of urea groups is 1. The third-order valence-corrected chi connectivity index (χ3v) is 6.28. The van der Waals surface area contributed by atoms with Gasteiger partial charge in [0.05, 0.1) is 19.2 Å². The highest BCUT2D eigenvalue weighted by Crippen LogP contribution is 2.34. The normalized spacial score (nSPS) is 19.3. The lowest BCUT2D eigenvalue weighted by atomic mass is 9.85. The number of nitrogens with zero attached hydrogens (tertiary/aromatic N) is 2. The van der Waals surface area contributed by atoms with Crippen LogP contribution in [0.3, 0.4) is 0 Å². The zero-order valence-electron chi connectivity index (χ0n) is 19.6. The van der Waals surface area contributed by atoms with E-state index >= 15 is 0 Å². The first-order chi connectivity index (χ1) is 15.3. The molecular formula is C25H33N3O4. The maximum absolute atomic E-state index is 13.5. The van der Waals surface area contributed by atoms with Gasteiger partial charge in [-0.1, -0.05) is 50.1 Å². The van der Waals surface area contributed by atoms with Gasteiger partial charge in [0.1, 0.15) is 5.54 Å². The summed E-state index contributed by atoms with van der Waals surface area (Å²) < 4.78 is 7.31. The molecule has 1 fully saturated rings. The zero-order chi connectivity index (χ0) is 23.5. The Bertz CT molecular complexity index is 998. The van der Waals surface area contributed by atoms with Gasteiger partial charge < -0.3 is 14.6 Å². The number of aromatic nitrogens is 1. The van der Waals surface area contributed by atoms with E-state index in [0.29, 0.717) is 18.6 Å². The zero-order valence-corrected chi connectivity index (χ0v) is 19.6. The summed E-state index contributed by atoms with van der Waals surface area (Å²) in [6, 6.07) is 10.7. The summed E-state index contributed by atoms with van der Waals surface area (Å²) in [4.78, 5) is 40.7. The van der Waals surface area contributed by atoms with E-state index in [9.17, 15) is 14.4 Å². The number of carbonyl (C=O) groups is 3. The van der Waals surface area contributed by atoms with Crippen molar-refractivity contribution in [3.8, 4) is 0 Å². The Morgan fingerprint density at radius 2 is 1.88 bits per heavy atom. The average molecular weight is 440 g/mol. The summed E-state index contributed by atoms with van der Waals surface area (Å²) in [7, 11) is 1.64. The number of hydrogen-bond acceptors (Lipinski definition) is 4. The molecule has 2 heterocycles. The highest BCUT2D eigenvalue weighted by Gasteiger charge is 2.52. The Morgan fingerprint density at radius 1 is 1.19 bits per heavy atom. The van der Waals surface area contributed by atoms with Crippen LogP contribution in [0.5, 0.6) is 0 Å². The maximum Gasteiger partial charge on any atom is 0.325 e. The van der Waals surface area contributed by atoms with Crippen molar-refractivity contribution in [2.24, 2.45) is 0 Å². The van der Waals surface area contributed by atoms with Crippen molar-refractivity contribution in [3.63, 3.8) is 0 Å². The molecule has 1 saturated heterocycles. The second-order valence-electron chi connectivity index (χ2n) is 8.58. The third kappa shape index (κ3) is 4.21. The molecule has 0 aliphatic carbocycles. The summed E-state index contributed by atoms with van der Waals surface area (Å²) in [5.41, 5.74) is 1.89. The molecule has 1 aromatic carbocycles. The van der Waals surface area contributed by atoms with Crippen molar-refractivity contribution >= 4 is 17.7 Å². The molecule has 172 valence electrons. The molecule has 2 aromatic rings. The fraction of sp³-hybridized carbons (Fsp3) is 0.480. The van der Waals surface area contributed by atoms with Gasteiger partial charge in [0, 0.05) is 24.1 Å². The first-order valence-electron chi connectivity index (χ1n) is 11.2. The van der Waals surface area contributed by atoms with Crippen LogP contribution in [0.25, 0.3) is 0 Å². The number of aryl methyl sites for hydroxylation is 1. The number of nitrogens with one attached hydrogen (secondary N) is 1. The van der Waals surface area contributed by atoms with Crippen LogP contribution in [-0.4, -0.2) is 47.4 Å². The fourth-order valence-electron chi connectivity index (χ4n) is 4.73. The molecular weight excluding hydrogens is 406 g/mol. The molecule has 2 atom stereocenters. The van der Waals surface area contributed by atoms with Gasteiger partial charge in [-0.2, -0.15) is 0 Å². The minimum Gasteiger partial charge on any atom is -0.383 e. The number of ketones is 1. The number of benzene rings is 1. The van der Waals surface area contributed by atoms with Gasteiger partial charge in [0.15, 0.2) is 5.78 Å². The second kappa shape index (κ2) is 9.69. The number of ether oxygens (including phenoxy) is 1. The highest BCUT2D eigenvalue weighted by atomic mass is 16.5. The lowest BCUT2D eigenvalue weighted by Gasteiger charge is -2.27. The smallest absolute Gasteiger partial charge is 0.325 e. The van der Waals surface area contributed by atoms with Crippen molar-refractivity contribution in [2.75, 3.05) is 20.3 Å². The number of amides is 3. The summed E-state index contributed by atoms with van der Waals surface area (Å²) >= 11 is 0. The molecule has 3 rings (SSSR count). The summed E-state index contributed by atoms with van der Waals surface area (Å²) in [6.07, 6.45) is 2.16. The molecule has 0 radical (unpaired) electrons. The third-order valence-electron chi connectivity index (χ3n) is 6.28. The second-order valence-corrected chi connectivity index (χ2v) is 8.58. The van der Waals surface area contributed by atoms with E-state index in [1.54, 1.807) is 7.11 Å². The first-order valence-corrected chi connectivity index (χ1v) is 11.2. The van der Waals surface area contributed by atoms with Crippen LogP contribution in [0.1, 0.15) is 66.5 Å². The maximum atomic E-state index is 13.5. The van der Waals surface area contributed by atoms with Crippen molar-refractivity contribution in [2.45, 2.75) is 58.5 Å². The monoisotopic (exact) mass is 439 g/mol. The van der Waals surface area contributed by atoms with E-state index < -0.39 is 11.6 Å². The van der Waals surface area contributed by atoms with Crippen LogP contribution in [0.15, 0.2) is 36.4 Å². The van der Waals surface area contributed by atoms with Gasteiger partial charge in [0.2, 0.25) is 0 Å². The summed E-state index contributed by atoms with van der Waals surface area (Å²) in [6.45, 7) is 8.13. The molecule has 1 aliphatic heterocycles. The SMILES string of the molecule is CCCCC1(c2ccccc2)NC(=O)N(CC(=O)c2cc(C)n(C(C)COC)c2C)C1=O. The Balaban J connectivity index is 1.88. The van der Waals surface area contributed by atoms with Crippen molar-refractivity contribution < 1.29 is 19.1 Å². The van der Waals surface area contributed by atoms with Crippen LogP contribution < -0.4 is 5.32 Å². The van der Waals surface area contributed by atoms with Crippen molar-refractivity contribution in [3.05, 3.63) is 58.9 Å². The fourth-order valence-corrected chi connectivity index (χ4v) is 4.73. The number of unbranched alkanes of at least 4 members (excludes halogenated alkanes) is 1.